The van der Waals surface area contributed by atoms with Gasteiger partial charge in [-0.05, 0) is 0 Å². The highest BCUT2D eigenvalue weighted by molar-refractivity contribution is 5.77. The number of amides is 2. The normalized spacial score (nSPS) is 15.5. The minimum Gasteiger partial charge on any atom is -0.336 e. The van der Waals surface area contributed by atoms with Crippen molar-refractivity contribution in [2.45, 2.75) is 0 Å². The Labute approximate surface area is 91.2 Å². The second-order valence-electron chi connectivity index (χ2n) is 3.40. The molecular weight excluding hydrogens is 190 g/mol. The van der Waals surface area contributed by atoms with E-state index in [0.717, 1.165) is 19.6 Å². The van der Waals surface area contributed by atoms with Crippen LogP contribution in [0, 0.1) is 6.54 Å². The fourth-order valence-electron chi connectivity index (χ4n) is 1.49. The summed E-state index contributed by atoms with van der Waals surface area (Å²) in [6.07, 6.45) is 3.72. The Balaban J connectivity index is 2.28. The van der Waals surface area contributed by atoms with Crippen LogP contribution in [0.1, 0.15) is 0 Å². The van der Waals surface area contributed by atoms with E-state index in [9.17, 15) is 4.79 Å². The van der Waals surface area contributed by atoms with Crippen LogP contribution in [0.5, 0.6) is 0 Å². The van der Waals surface area contributed by atoms with E-state index in [1.54, 1.807) is 4.90 Å². The van der Waals surface area contributed by atoms with Crippen molar-refractivity contribution in [3.05, 3.63) is 31.9 Å². The summed E-state index contributed by atoms with van der Waals surface area (Å²) in [6.45, 7) is 13.1. The number of carbonyl (C=O) groups is 1. The fourth-order valence-corrected chi connectivity index (χ4v) is 1.49. The van der Waals surface area contributed by atoms with Crippen LogP contribution in [0.15, 0.2) is 25.3 Å². The van der Waals surface area contributed by atoms with Crippen LogP contribution in [0.2, 0.25) is 0 Å². The first-order valence-corrected chi connectivity index (χ1v) is 5.10. The maximum atomic E-state index is 11.2. The van der Waals surface area contributed by atoms with Crippen molar-refractivity contribution in [1.82, 2.24) is 15.1 Å². The fraction of sp³-hybridized carbons (Fsp3) is 0.455. The molecule has 0 aliphatic carbocycles. The monoisotopic (exact) mass is 208 g/mol. The molecule has 83 valence electrons. The predicted octanol–water partition coefficient (Wildman–Crippen LogP) is 0.847. The Kier molecular flexibility index (Phi) is 4.90. The molecule has 4 heteroatoms. The number of nitrogens with zero attached hydrogens (tertiary/aromatic N) is 2. The maximum absolute atomic E-state index is 11.2. The average molecular weight is 208 g/mol. The lowest BCUT2D eigenvalue weighted by atomic mass is 10.4. The van der Waals surface area contributed by atoms with Crippen LogP contribution in [-0.2, 0) is 0 Å². The van der Waals surface area contributed by atoms with E-state index in [2.05, 4.69) is 23.4 Å². The molecule has 1 radical (unpaired) electrons. The van der Waals surface area contributed by atoms with Crippen molar-refractivity contribution in [3.63, 3.8) is 0 Å². The van der Waals surface area contributed by atoms with Crippen LogP contribution in [-0.4, -0.2) is 48.6 Å². The van der Waals surface area contributed by atoms with Gasteiger partial charge in [0.2, 0.25) is 0 Å². The van der Waals surface area contributed by atoms with Gasteiger partial charge in [-0.15, -0.1) is 13.2 Å². The molecule has 0 aromatic heterocycles. The highest BCUT2D eigenvalue weighted by atomic mass is 16.2. The molecule has 1 rings (SSSR count). The molecule has 4 nitrogen and oxygen atoms in total. The second-order valence-corrected chi connectivity index (χ2v) is 3.40. The summed E-state index contributed by atoms with van der Waals surface area (Å²) in [4.78, 5) is 15.1. The average Bonchev–Trinajstić information content (AvgIpc) is 2.61. The van der Waals surface area contributed by atoms with Gasteiger partial charge in [-0.2, -0.15) is 0 Å². The van der Waals surface area contributed by atoms with Crippen LogP contribution >= 0.6 is 0 Å². The number of carbonyl (C=O) groups excluding carboxylic acids is 1. The summed E-state index contributed by atoms with van der Waals surface area (Å²) < 4.78 is 0. The van der Waals surface area contributed by atoms with Gasteiger partial charge in [0.15, 0.2) is 0 Å². The van der Waals surface area contributed by atoms with Gasteiger partial charge >= 0.3 is 6.03 Å². The summed E-state index contributed by atoms with van der Waals surface area (Å²) in [5.74, 6) is 0. The summed E-state index contributed by atoms with van der Waals surface area (Å²) in [6, 6.07) is -0.00726. The minimum atomic E-state index is -0.00726. The maximum Gasteiger partial charge on any atom is 0.317 e. The van der Waals surface area contributed by atoms with Gasteiger partial charge in [0, 0.05) is 32.7 Å². The van der Waals surface area contributed by atoms with Crippen LogP contribution in [0.25, 0.3) is 0 Å². The summed E-state index contributed by atoms with van der Waals surface area (Å²) in [5.41, 5.74) is 0. The summed E-state index contributed by atoms with van der Waals surface area (Å²) in [7, 11) is 0. The van der Waals surface area contributed by atoms with Crippen LogP contribution in [0.3, 0.4) is 0 Å². The smallest absolute Gasteiger partial charge is 0.317 e. The van der Waals surface area contributed by atoms with Crippen molar-refractivity contribution in [1.29, 1.82) is 0 Å². The van der Waals surface area contributed by atoms with Gasteiger partial charge in [0.25, 0.3) is 0 Å². The van der Waals surface area contributed by atoms with E-state index >= 15 is 0 Å². The molecule has 1 fully saturated rings. The third-order valence-corrected chi connectivity index (χ3v) is 2.26. The number of hydrogen-bond acceptors (Lipinski definition) is 2. The van der Waals surface area contributed by atoms with E-state index in [4.69, 9.17) is 0 Å². The Morgan fingerprint density at radius 2 is 2.13 bits per heavy atom. The largest absolute Gasteiger partial charge is 0.336 e. The standard InChI is InChI=1S/C11H18N3O/c1-3-6-13(7-4-2)9-10-14-8-5-12-11(14)15/h3-4,8H,1-2,5-7,9-10H2,(H,12,15). The van der Waals surface area contributed by atoms with Crippen molar-refractivity contribution >= 4 is 6.03 Å². The van der Waals surface area contributed by atoms with E-state index in [0.29, 0.717) is 13.1 Å². The van der Waals surface area contributed by atoms with E-state index in [1.807, 2.05) is 18.7 Å². The predicted molar refractivity (Wildman–Crippen MR) is 61.2 cm³/mol. The van der Waals surface area contributed by atoms with Gasteiger partial charge in [-0.3, -0.25) is 4.90 Å². The van der Waals surface area contributed by atoms with Crippen LogP contribution in [0.4, 0.5) is 4.79 Å². The molecule has 1 aliphatic rings. The zero-order chi connectivity index (χ0) is 11.1. The molecule has 0 aromatic carbocycles. The SMILES string of the molecule is C=CCN(CC=C)CCN1[CH]CNC1=O. The third kappa shape index (κ3) is 3.75. The Hall–Kier alpha value is -1.29. The van der Waals surface area contributed by atoms with E-state index in [1.165, 1.54) is 0 Å². The molecule has 1 N–H and O–H groups in total. The second kappa shape index (κ2) is 6.24. The Morgan fingerprint density at radius 1 is 1.47 bits per heavy atom. The quantitative estimate of drug-likeness (QED) is 0.629. The number of urea groups is 1. The Morgan fingerprint density at radius 3 is 2.60 bits per heavy atom. The molecule has 0 aromatic rings. The van der Waals surface area contributed by atoms with Crippen molar-refractivity contribution in [2.75, 3.05) is 32.7 Å². The molecule has 0 spiro atoms. The molecule has 2 amide bonds. The van der Waals surface area contributed by atoms with E-state index < -0.39 is 0 Å². The van der Waals surface area contributed by atoms with Crippen molar-refractivity contribution in [2.24, 2.45) is 0 Å². The topological polar surface area (TPSA) is 35.6 Å². The first-order valence-electron chi connectivity index (χ1n) is 5.10. The lowest BCUT2D eigenvalue weighted by Gasteiger charge is -2.22. The van der Waals surface area contributed by atoms with Gasteiger partial charge in [0.1, 0.15) is 0 Å². The van der Waals surface area contributed by atoms with Gasteiger partial charge in [0.05, 0.1) is 6.54 Å². The molecule has 1 aliphatic heterocycles. The zero-order valence-corrected chi connectivity index (χ0v) is 8.98. The summed E-state index contributed by atoms with van der Waals surface area (Å²) >= 11 is 0. The van der Waals surface area contributed by atoms with Crippen molar-refractivity contribution < 1.29 is 4.79 Å². The van der Waals surface area contributed by atoms with Gasteiger partial charge in [-0.1, -0.05) is 12.2 Å². The molecule has 15 heavy (non-hydrogen) atoms. The lowest BCUT2D eigenvalue weighted by Crippen LogP contribution is -2.36. The Bertz CT molecular complexity index is 230. The molecule has 0 bridgehead atoms. The number of rotatable bonds is 7. The first-order chi connectivity index (χ1) is 7.27. The molecule has 1 saturated heterocycles. The zero-order valence-electron chi connectivity index (χ0n) is 8.98. The molecule has 0 atom stereocenters. The number of hydrogen-bond donors (Lipinski definition) is 1. The molecular formula is C11H18N3O. The van der Waals surface area contributed by atoms with E-state index in [-0.39, 0.29) is 6.03 Å². The summed E-state index contributed by atoms with van der Waals surface area (Å²) in [5, 5.41) is 2.73. The van der Waals surface area contributed by atoms with Gasteiger partial charge < -0.3 is 10.2 Å². The van der Waals surface area contributed by atoms with Crippen molar-refractivity contribution in [3.8, 4) is 0 Å². The highest BCUT2D eigenvalue weighted by Gasteiger charge is 2.19. The minimum absolute atomic E-state index is 0.00726. The number of nitrogens with one attached hydrogen (secondary N) is 1. The highest BCUT2D eigenvalue weighted by Crippen LogP contribution is 2.01. The molecule has 0 unspecified atom stereocenters. The third-order valence-electron chi connectivity index (χ3n) is 2.26. The first kappa shape index (κ1) is 11.8. The van der Waals surface area contributed by atoms with Gasteiger partial charge in [-0.25, -0.2) is 4.79 Å². The molecule has 0 saturated carbocycles. The molecule has 1 heterocycles. The van der Waals surface area contributed by atoms with Crippen LogP contribution < -0.4 is 5.32 Å². The lowest BCUT2D eigenvalue weighted by molar-refractivity contribution is 0.214.